The zero-order chi connectivity index (χ0) is 15.6. The van der Waals surface area contributed by atoms with E-state index in [1.54, 1.807) is 0 Å². The molecule has 1 aromatic carbocycles. The molecule has 0 unspecified atom stereocenters. The van der Waals surface area contributed by atoms with Crippen molar-refractivity contribution in [3.8, 4) is 0 Å². The molecule has 2 aromatic rings. The van der Waals surface area contributed by atoms with E-state index < -0.39 is 0 Å². The highest BCUT2D eigenvalue weighted by atomic mass is 15.0. The number of H-pyrrole nitrogens is 1. The van der Waals surface area contributed by atoms with Gasteiger partial charge in [-0.05, 0) is 37.5 Å². The smallest absolute Gasteiger partial charge is 0.242 e. The van der Waals surface area contributed by atoms with Crippen molar-refractivity contribution in [2.75, 3.05) is 0 Å². The Morgan fingerprint density at radius 3 is 2.18 bits per heavy atom. The number of hydrogen-bond donors (Lipinski definition) is 1. The van der Waals surface area contributed by atoms with Crippen molar-refractivity contribution < 1.29 is 4.57 Å². The van der Waals surface area contributed by atoms with Crippen molar-refractivity contribution >= 4 is 11.0 Å². The lowest BCUT2D eigenvalue weighted by molar-refractivity contribution is -0.671. The molecule has 0 saturated heterocycles. The molecule has 1 N–H and O–H groups in total. The number of unbranched alkanes of at least 4 members (excludes halogenated alkanes) is 9. The fourth-order valence-electron chi connectivity index (χ4n) is 3.19. The van der Waals surface area contributed by atoms with E-state index in [2.05, 4.69) is 47.9 Å². The summed E-state index contributed by atoms with van der Waals surface area (Å²) < 4.78 is 2.36. The molecule has 122 valence electrons. The predicted octanol–water partition coefficient (Wildman–Crippen LogP) is 5.68. The van der Waals surface area contributed by atoms with Crippen molar-refractivity contribution in [1.29, 1.82) is 0 Å². The number of fused-ring (bicyclic) bond motifs is 1. The van der Waals surface area contributed by atoms with E-state index in [0.29, 0.717) is 0 Å². The second-order valence-corrected chi connectivity index (χ2v) is 6.67. The van der Waals surface area contributed by atoms with Gasteiger partial charge in [0.05, 0.1) is 6.54 Å². The minimum Gasteiger partial charge on any atom is -0.243 e. The summed E-state index contributed by atoms with van der Waals surface area (Å²) in [5, 5.41) is 0. The molecule has 2 nitrogen and oxygen atoms in total. The molecule has 0 fully saturated rings. The van der Waals surface area contributed by atoms with E-state index in [-0.39, 0.29) is 0 Å². The summed E-state index contributed by atoms with van der Waals surface area (Å²) in [5.41, 5.74) is 3.91. The summed E-state index contributed by atoms with van der Waals surface area (Å²) in [6.45, 7) is 5.57. The lowest BCUT2D eigenvalue weighted by Crippen LogP contribution is -2.31. The zero-order valence-electron chi connectivity index (χ0n) is 14.5. The van der Waals surface area contributed by atoms with E-state index in [9.17, 15) is 0 Å². The average Bonchev–Trinajstić information content (AvgIpc) is 2.91. The molecule has 22 heavy (non-hydrogen) atoms. The Morgan fingerprint density at radius 2 is 1.50 bits per heavy atom. The van der Waals surface area contributed by atoms with Crippen LogP contribution in [0.2, 0.25) is 0 Å². The largest absolute Gasteiger partial charge is 0.243 e. The lowest BCUT2D eigenvalue weighted by atomic mass is 10.1. The number of nitrogens with one attached hydrogen (secondary N) is 1. The minimum atomic E-state index is 1.14. The summed E-state index contributed by atoms with van der Waals surface area (Å²) in [4.78, 5) is 3.38. The number of imidazole rings is 1. The second kappa shape index (κ2) is 9.66. The van der Waals surface area contributed by atoms with E-state index in [1.165, 1.54) is 80.8 Å². The Balaban J connectivity index is 1.57. The third kappa shape index (κ3) is 5.47. The van der Waals surface area contributed by atoms with Crippen LogP contribution in [0.15, 0.2) is 24.5 Å². The maximum Gasteiger partial charge on any atom is 0.242 e. The predicted molar refractivity (Wildman–Crippen MR) is 95.1 cm³/mol. The summed E-state index contributed by atoms with van der Waals surface area (Å²) in [6, 6.07) is 6.66. The maximum absolute atomic E-state index is 3.38. The van der Waals surface area contributed by atoms with Gasteiger partial charge in [0.2, 0.25) is 6.33 Å². The first kappa shape index (κ1) is 17.1. The van der Waals surface area contributed by atoms with Crippen LogP contribution in [0.1, 0.15) is 76.7 Å². The van der Waals surface area contributed by atoms with Crippen molar-refractivity contribution in [3.05, 3.63) is 30.1 Å². The van der Waals surface area contributed by atoms with Crippen molar-refractivity contribution in [3.63, 3.8) is 0 Å². The number of nitrogens with zero attached hydrogens (tertiary/aromatic N) is 1. The molecule has 1 aromatic heterocycles. The van der Waals surface area contributed by atoms with Gasteiger partial charge in [0.25, 0.3) is 0 Å². The Hall–Kier alpha value is -1.31. The number of benzene rings is 1. The molecule has 0 aliphatic carbocycles. The van der Waals surface area contributed by atoms with Gasteiger partial charge in [0.15, 0.2) is 11.0 Å². The monoisotopic (exact) mass is 301 g/mol. The quantitative estimate of drug-likeness (QED) is 0.406. The Kier molecular flexibility index (Phi) is 7.48. The summed E-state index contributed by atoms with van der Waals surface area (Å²) in [5.74, 6) is 0. The van der Waals surface area contributed by atoms with E-state index >= 15 is 0 Å². The molecule has 0 spiro atoms. The topological polar surface area (TPSA) is 19.7 Å². The molecule has 0 radical (unpaired) electrons. The zero-order valence-corrected chi connectivity index (χ0v) is 14.5. The van der Waals surface area contributed by atoms with Gasteiger partial charge in [-0.1, -0.05) is 64.4 Å². The third-order valence-electron chi connectivity index (χ3n) is 4.59. The van der Waals surface area contributed by atoms with Gasteiger partial charge >= 0.3 is 0 Å². The van der Waals surface area contributed by atoms with E-state index in [0.717, 1.165) is 6.54 Å². The van der Waals surface area contributed by atoms with Crippen molar-refractivity contribution in [2.24, 2.45) is 0 Å². The lowest BCUT2D eigenvalue weighted by Gasteiger charge is -2.02. The molecule has 0 aliphatic heterocycles. The average molecular weight is 301 g/mol. The first-order valence-electron chi connectivity index (χ1n) is 9.28. The number of rotatable bonds is 11. The van der Waals surface area contributed by atoms with Crippen LogP contribution >= 0.6 is 0 Å². The van der Waals surface area contributed by atoms with Crippen molar-refractivity contribution in [2.45, 2.75) is 84.6 Å². The molecule has 1 heterocycles. The fourth-order valence-corrected chi connectivity index (χ4v) is 3.19. The third-order valence-corrected chi connectivity index (χ3v) is 4.59. The van der Waals surface area contributed by atoms with Crippen LogP contribution in [0.25, 0.3) is 11.0 Å². The SMILES string of the molecule is CCCCCCCCCCCC[n+]1c[nH]c2cc(C)ccc21. The van der Waals surface area contributed by atoms with Gasteiger partial charge in [0.1, 0.15) is 0 Å². The molecular formula is C20H33N2+. The highest BCUT2D eigenvalue weighted by molar-refractivity contribution is 5.71. The molecule has 0 aliphatic rings. The Labute approximate surface area is 135 Å². The Bertz CT molecular complexity index is 542. The molecule has 2 rings (SSSR count). The van der Waals surface area contributed by atoms with Crippen molar-refractivity contribution in [1.82, 2.24) is 4.98 Å². The number of aromatic nitrogens is 2. The molecule has 0 saturated carbocycles. The van der Waals surface area contributed by atoms with Crippen LogP contribution in [0, 0.1) is 6.92 Å². The fraction of sp³-hybridized carbons (Fsp3) is 0.650. The van der Waals surface area contributed by atoms with Crippen LogP contribution in [0.5, 0.6) is 0 Å². The van der Waals surface area contributed by atoms with E-state index in [1.807, 2.05) is 0 Å². The number of hydrogen-bond acceptors (Lipinski definition) is 0. The molecular weight excluding hydrogens is 268 g/mol. The van der Waals surface area contributed by atoms with Crippen LogP contribution in [0.3, 0.4) is 0 Å². The Morgan fingerprint density at radius 1 is 0.864 bits per heavy atom. The van der Waals surface area contributed by atoms with Gasteiger partial charge in [-0.2, -0.15) is 0 Å². The highest BCUT2D eigenvalue weighted by Crippen LogP contribution is 2.12. The molecule has 0 amide bonds. The van der Waals surface area contributed by atoms with Crippen LogP contribution in [0.4, 0.5) is 0 Å². The first-order valence-corrected chi connectivity index (χ1v) is 9.28. The molecule has 0 bridgehead atoms. The van der Waals surface area contributed by atoms with Gasteiger partial charge in [-0.15, -0.1) is 0 Å². The van der Waals surface area contributed by atoms with Gasteiger partial charge < -0.3 is 0 Å². The second-order valence-electron chi connectivity index (χ2n) is 6.67. The maximum atomic E-state index is 3.38. The van der Waals surface area contributed by atoms with E-state index in [4.69, 9.17) is 0 Å². The highest BCUT2D eigenvalue weighted by Gasteiger charge is 2.08. The van der Waals surface area contributed by atoms with Gasteiger partial charge in [0, 0.05) is 0 Å². The summed E-state index contributed by atoms with van der Waals surface area (Å²) in [6.07, 6.45) is 16.1. The number of aryl methyl sites for hydroxylation is 2. The van der Waals surface area contributed by atoms with Crippen LogP contribution in [-0.4, -0.2) is 4.98 Å². The standard InChI is InChI=1S/C20H32N2/c1-3-4-5-6-7-8-9-10-11-12-15-22-17-21-19-16-18(2)13-14-20(19)22/h13-14,16-17H,3-12,15H2,1-2H3/p+1. The molecule has 0 atom stereocenters. The van der Waals surface area contributed by atoms with Gasteiger partial charge in [-0.3, -0.25) is 0 Å². The normalized spacial score (nSPS) is 11.4. The first-order chi connectivity index (χ1) is 10.8. The van der Waals surface area contributed by atoms with Crippen LogP contribution < -0.4 is 4.57 Å². The summed E-state index contributed by atoms with van der Waals surface area (Å²) in [7, 11) is 0. The number of aromatic amines is 1. The van der Waals surface area contributed by atoms with Gasteiger partial charge in [-0.25, -0.2) is 9.55 Å². The molecule has 2 heteroatoms. The van der Waals surface area contributed by atoms with Crippen LogP contribution in [-0.2, 0) is 6.54 Å². The minimum absolute atomic E-state index is 1.14. The summed E-state index contributed by atoms with van der Waals surface area (Å²) >= 11 is 0.